The number of primary amides is 1. The number of benzene rings is 2. The molecule has 3 heteroatoms. The number of amides is 1. The SMILES string of the molecule is Cc1cc(NC2CCCC2)ccc1Cc1ccc(C(N)=O)cc1. The second kappa shape index (κ2) is 6.86. The van der Waals surface area contributed by atoms with E-state index in [1.54, 1.807) is 12.1 Å². The van der Waals surface area contributed by atoms with Gasteiger partial charge in [0.05, 0.1) is 0 Å². The zero-order valence-corrected chi connectivity index (χ0v) is 13.6. The van der Waals surface area contributed by atoms with Crippen molar-refractivity contribution in [3.8, 4) is 0 Å². The molecule has 3 N–H and O–H groups in total. The lowest BCUT2D eigenvalue weighted by atomic mass is 9.99. The molecule has 0 spiro atoms. The molecule has 120 valence electrons. The van der Waals surface area contributed by atoms with Gasteiger partial charge in [-0.2, -0.15) is 0 Å². The monoisotopic (exact) mass is 308 g/mol. The summed E-state index contributed by atoms with van der Waals surface area (Å²) in [5.74, 6) is -0.380. The minimum absolute atomic E-state index is 0.380. The molecule has 0 atom stereocenters. The summed E-state index contributed by atoms with van der Waals surface area (Å²) in [7, 11) is 0. The molecule has 3 nitrogen and oxygen atoms in total. The van der Waals surface area contributed by atoms with Gasteiger partial charge in [-0.05, 0) is 67.1 Å². The molecule has 23 heavy (non-hydrogen) atoms. The van der Waals surface area contributed by atoms with Crippen molar-refractivity contribution in [2.75, 3.05) is 5.32 Å². The molecule has 0 unspecified atom stereocenters. The summed E-state index contributed by atoms with van der Waals surface area (Å²) >= 11 is 0. The molecular formula is C20H24N2O. The third-order valence-corrected chi connectivity index (χ3v) is 4.70. The number of hydrogen-bond donors (Lipinski definition) is 2. The minimum Gasteiger partial charge on any atom is -0.382 e. The molecular weight excluding hydrogens is 284 g/mol. The van der Waals surface area contributed by atoms with Gasteiger partial charge in [0.1, 0.15) is 0 Å². The zero-order chi connectivity index (χ0) is 16.2. The van der Waals surface area contributed by atoms with Gasteiger partial charge in [-0.25, -0.2) is 0 Å². The van der Waals surface area contributed by atoms with Crippen LogP contribution in [0.2, 0.25) is 0 Å². The second-order valence-electron chi connectivity index (χ2n) is 6.50. The normalized spacial score (nSPS) is 14.8. The van der Waals surface area contributed by atoms with E-state index in [0.717, 1.165) is 6.42 Å². The average molecular weight is 308 g/mol. The van der Waals surface area contributed by atoms with Gasteiger partial charge < -0.3 is 11.1 Å². The molecule has 0 heterocycles. The molecule has 2 aromatic rings. The number of hydrogen-bond acceptors (Lipinski definition) is 2. The van der Waals surface area contributed by atoms with E-state index in [2.05, 4.69) is 30.4 Å². The first kappa shape index (κ1) is 15.6. The van der Waals surface area contributed by atoms with Crippen LogP contribution in [0.15, 0.2) is 42.5 Å². The van der Waals surface area contributed by atoms with Crippen molar-refractivity contribution in [2.24, 2.45) is 5.73 Å². The van der Waals surface area contributed by atoms with Gasteiger partial charge in [0.2, 0.25) is 5.91 Å². The van der Waals surface area contributed by atoms with E-state index >= 15 is 0 Å². The van der Waals surface area contributed by atoms with Gasteiger partial charge in [-0.3, -0.25) is 4.79 Å². The van der Waals surface area contributed by atoms with Crippen LogP contribution in [0.5, 0.6) is 0 Å². The molecule has 1 amide bonds. The number of rotatable bonds is 5. The molecule has 0 aromatic heterocycles. The van der Waals surface area contributed by atoms with Crippen LogP contribution in [-0.2, 0) is 6.42 Å². The van der Waals surface area contributed by atoms with Gasteiger partial charge in [-0.15, -0.1) is 0 Å². The number of nitrogens with two attached hydrogens (primary N) is 1. The standard InChI is InChI=1S/C20H24N2O/c1-14-12-19(22-18-4-2-3-5-18)11-10-17(14)13-15-6-8-16(9-7-15)20(21)23/h6-12,18,22H,2-5,13H2,1H3,(H2,21,23). The summed E-state index contributed by atoms with van der Waals surface area (Å²) in [5, 5.41) is 3.64. The first-order valence-electron chi connectivity index (χ1n) is 8.36. The molecule has 1 fully saturated rings. The Balaban J connectivity index is 1.69. The Labute approximate surface area is 137 Å². The van der Waals surface area contributed by atoms with Gasteiger partial charge in [-0.1, -0.05) is 31.0 Å². The van der Waals surface area contributed by atoms with Crippen LogP contribution in [-0.4, -0.2) is 11.9 Å². The lowest BCUT2D eigenvalue weighted by molar-refractivity contribution is 0.100. The van der Waals surface area contributed by atoms with E-state index < -0.39 is 0 Å². The summed E-state index contributed by atoms with van der Waals surface area (Å²) in [4.78, 5) is 11.1. The highest BCUT2D eigenvalue weighted by atomic mass is 16.1. The van der Waals surface area contributed by atoms with Crippen molar-refractivity contribution in [3.63, 3.8) is 0 Å². The molecule has 3 rings (SSSR count). The molecule has 1 aliphatic rings. The maximum absolute atomic E-state index is 11.1. The molecule has 0 radical (unpaired) electrons. The minimum atomic E-state index is -0.380. The molecule has 0 aliphatic heterocycles. The van der Waals surface area contributed by atoms with E-state index in [1.807, 2.05) is 12.1 Å². The third-order valence-electron chi connectivity index (χ3n) is 4.70. The number of aryl methyl sites for hydroxylation is 1. The fourth-order valence-electron chi connectivity index (χ4n) is 3.30. The van der Waals surface area contributed by atoms with Crippen LogP contribution < -0.4 is 11.1 Å². The Morgan fingerprint density at radius 3 is 2.43 bits per heavy atom. The highest BCUT2D eigenvalue weighted by Gasteiger charge is 2.14. The van der Waals surface area contributed by atoms with E-state index in [9.17, 15) is 4.79 Å². The summed E-state index contributed by atoms with van der Waals surface area (Å²) in [6.45, 7) is 2.16. The topological polar surface area (TPSA) is 55.1 Å². The summed E-state index contributed by atoms with van der Waals surface area (Å²) in [6, 6.07) is 14.8. The van der Waals surface area contributed by atoms with Crippen LogP contribution in [0, 0.1) is 6.92 Å². The van der Waals surface area contributed by atoms with Crippen molar-refractivity contribution in [1.29, 1.82) is 0 Å². The smallest absolute Gasteiger partial charge is 0.248 e. The Morgan fingerprint density at radius 1 is 1.13 bits per heavy atom. The van der Waals surface area contributed by atoms with Crippen LogP contribution in [0.3, 0.4) is 0 Å². The summed E-state index contributed by atoms with van der Waals surface area (Å²) < 4.78 is 0. The van der Waals surface area contributed by atoms with Crippen LogP contribution in [0.1, 0.15) is 52.7 Å². The number of carbonyl (C=O) groups is 1. The first-order chi connectivity index (χ1) is 11.1. The number of carbonyl (C=O) groups excluding carboxylic acids is 1. The maximum atomic E-state index is 11.1. The van der Waals surface area contributed by atoms with Crippen LogP contribution in [0.4, 0.5) is 5.69 Å². The Morgan fingerprint density at radius 2 is 1.83 bits per heavy atom. The highest BCUT2D eigenvalue weighted by Crippen LogP contribution is 2.24. The Kier molecular flexibility index (Phi) is 4.65. The van der Waals surface area contributed by atoms with Crippen molar-refractivity contribution >= 4 is 11.6 Å². The van der Waals surface area contributed by atoms with Gasteiger partial charge in [0.15, 0.2) is 0 Å². The molecule has 2 aromatic carbocycles. The highest BCUT2D eigenvalue weighted by molar-refractivity contribution is 5.92. The van der Waals surface area contributed by atoms with E-state index in [4.69, 9.17) is 5.73 Å². The third kappa shape index (κ3) is 3.92. The average Bonchev–Trinajstić information content (AvgIpc) is 3.03. The van der Waals surface area contributed by atoms with Gasteiger partial charge in [0, 0.05) is 17.3 Å². The first-order valence-corrected chi connectivity index (χ1v) is 8.36. The largest absolute Gasteiger partial charge is 0.382 e. The quantitative estimate of drug-likeness (QED) is 0.876. The van der Waals surface area contributed by atoms with E-state index in [1.165, 1.54) is 48.1 Å². The van der Waals surface area contributed by atoms with Gasteiger partial charge in [0.25, 0.3) is 0 Å². The fourth-order valence-corrected chi connectivity index (χ4v) is 3.30. The van der Waals surface area contributed by atoms with Crippen molar-refractivity contribution in [2.45, 2.75) is 45.1 Å². The van der Waals surface area contributed by atoms with Gasteiger partial charge >= 0.3 is 0 Å². The zero-order valence-electron chi connectivity index (χ0n) is 13.6. The van der Waals surface area contributed by atoms with Crippen molar-refractivity contribution in [1.82, 2.24) is 0 Å². The van der Waals surface area contributed by atoms with Crippen molar-refractivity contribution in [3.05, 3.63) is 64.7 Å². The van der Waals surface area contributed by atoms with E-state index in [0.29, 0.717) is 11.6 Å². The molecule has 0 bridgehead atoms. The van der Waals surface area contributed by atoms with E-state index in [-0.39, 0.29) is 5.91 Å². The van der Waals surface area contributed by atoms with Crippen LogP contribution in [0.25, 0.3) is 0 Å². The lowest BCUT2D eigenvalue weighted by Gasteiger charge is -2.15. The Bertz CT molecular complexity index is 685. The Hall–Kier alpha value is -2.29. The number of nitrogens with one attached hydrogen (secondary N) is 1. The van der Waals surface area contributed by atoms with Crippen LogP contribution >= 0.6 is 0 Å². The maximum Gasteiger partial charge on any atom is 0.248 e. The molecule has 1 saturated carbocycles. The fraction of sp³-hybridized carbons (Fsp3) is 0.350. The molecule has 1 aliphatic carbocycles. The summed E-state index contributed by atoms with van der Waals surface area (Å²) in [5.41, 5.74) is 10.9. The predicted molar refractivity (Wildman–Crippen MR) is 94.8 cm³/mol. The van der Waals surface area contributed by atoms with Crippen molar-refractivity contribution < 1.29 is 4.79 Å². The second-order valence-corrected chi connectivity index (χ2v) is 6.50. The predicted octanol–water partition coefficient (Wildman–Crippen LogP) is 4.04. The number of anilines is 1. The lowest BCUT2D eigenvalue weighted by Crippen LogP contribution is -2.14. The summed E-state index contributed by atoms with van der Waals surface area (Å²) in [6.07, 6.45) is 6.13. The molecule has 0 saturated heterocycles.